The zero-order valence-electron chi connectivity index (χ0n) is 10.5. The van der Waals surface area contributed by atoms with E-state index in [4.69, 9.17) is 0 Å². The van der Waals surface area contributed by atoms with Crippen molar-refractivity contribution in [2.75, 3.05) is 0 Å². The Kier molecular flexibility index (Phi) is 11.9. The molecule has 0 aromatic rings. The maximum Gasteiger partial charge on any atom is 0.201 e. The summed E-state index contributed by atoms with van der Waals surface area (Å²) in [5.41, 5.74) is 0. The van der Waals surface area contributed by atoms with Crippen LogP contribution in [0.25, 0.3) is 0 Å². The van der Waals surface area contributed by atoms with Gasteiger partial charge in [0.2, 0.25) is 6.29 Å². The van der Waals surface area contributed by atoms with Gasteiger partial charge in [0, 0.05) is 6.42 Å². The highest BCUT2D eigenvalue weighted by Gasteiger charge is 2.01. The summed E-state index contributed by atoms with van der Waals surface area (Å²) in [4.78, 5) is 9.98. The lowest BCUT2D eigenvalue weighted by Crippen LogP contribution is -2.05. The summed E-state index contributed by atoms with van der Waals surface area (Å²) in [6.45, 7) is 2.22. The van der Waals surface area contributed by atoms with Crippen LogP contribution in [0.2, 0.25) is 0 Å². The maximum absolute atomic E-state index is 9.98. The average molecular weight is 225 g/mol. The molecule has 0 heterocycles. The van der Waals surface area contributed by atoms with Crippen LogP contribution in [-0.2, 0) is 4.79 Å². The highest BCUT2D eigenvalue weighted by atomic mass is 16.3. The van der Waals surface area contributed by atoms with Crippen molar-refractivity contribution in [2.45, 2.75) is 70.8 Å². The van der Waals surface area contributed by atoms with E-state index in [2.05, 4.69) is 19.1 Å². The van der Waals surface area contributed by atoms with Gasteiger partial charge < -0.3 is 5.11 Å². The van der Waals surface area contributed by atoms with Crippen LogP contribution in [0.5, 0.6) is 0 Å². The fourth-order valence-corrected chi connectivity index (χ4v) is 1.59. The maximum atomic E-state index is 9.98. The minimum Gasteiger partial charge on any atom is -0.393 e. The van der Waals surface area contributed by atoms with Crippen LogP contribution >= 0.6 is 0 Å². The quantitative estimate of drug-likeness (QED) is 0.431. The minimum absolute atomic E-state index is 0.154. The summed E-state index contributed by atoms with van der Waals surface area (Å²) in [5, 5.41) is 9.26. The lowest BCUT2D eigenvalue weighted by molar-refractivity contribution is 0.169. The first-order valence-electron chi connectivity index (χ1n) is 6.49. The van der Waals surface area contributed by atoms with Gasteiger partial charge in [-0.05, 0) is 32.1 Å². The molecule has 0 spiro atoms. The van der Waals surface area contributed by atoms with Crippen LogP contribution < -0.4 is 0 Å². The number of hydrogen-bond acceptors (Lipinski definition) is 2. The zero-order valence-corrected chi connectivity index (χ0v) is 10.5. The molecule has 1 N–H and O–H groups in total. The smallest absolute Gasteiger partial charge is 0.201 e. The lowest BCUT2D eigenvalue weighted by atomic mass is 10.1. The van der Waals surface area contributed by atoms with Crippen LogP contribution in [-0.4, -0.2) is 17.5 Å². The van der Waals surface area contributed by atoms with Gasteiger partial charge >= 0.3 is 0 Å². The number of carbonyl (C=O) groups excluding carboxylic acids is 1. The van der Waals surface area contributed by atoms with E-state index < -0.39 is 6.10 Å². The number of hydrogen-bond donors (Lipinski definition) is 1. The lowest BCUT2D eigenvalue weighted by Gasteiger charge is -2.03. The van der Waals surface area contributed by atoms with Gasteiger partial charge in [0.1, 0.15) is 0 Å². The van der Waals surface area contributed by atoms with E-state index in [0.29, 0.717) is 6.42 Å². The topological polar surface area (TPSA) is 37.3 Å². The Labute approximate surface area is 99.7 Å². The molecule has 0 saturated heterocycles. The number of aliphatic hydroxyl groups is 1. The molecule has 0 aliphatic rings. The zero-order chi connectivity index (χ0) is 12.1. The van der Waals surface area contributed by atoms with Gasteiger partial charge in [0.15, 0.2) is 0 Å². The fourth-order valence-electron chi connectivity index (χ4n) is 1.59. The first-order chi connectivity index (χ1) is 7.81. The van der Waals surface area contributed by atoms with Gasteiger partial charge in [0.05, 0.1) is 6.10 Å². The third-order valence-corrected chi connectivity index (χ3v) is 2.62. The molecule has 0 aromatic heterocycles. The van der Waals surface area contributed by atoms with Gasteiger partial charge in [0.25, 0.3) is 0 Å². The molecule has 0 rings (SSSR count). The van der Waals surface area contributed by atoms with Crippen molar-refractivity contribution in [3.8, 4) is 0 Å². The largest absolute Gasteiger partial charge is 0.393 e. The van der Waals surface area contributed by atoms with Crippen molar-refractivity contribution in [3.05, 3.63) is 12.2 Å². The highest BCUT2D eigenvalue weighted by Crippen LogP contribution is 2.06. The van der Waals surface area contributed by atoms with Gasteiger partial charge in [-0.3, -0.25) is 4.79 Å². The molecule has 0 aliphatic carbocycles. The third-order valence-electron chi connectivity index (χ3n) is 2.62. The van der Waals surface area contributed by atoms with E-state index in [1.165, 1.54) is 32.1 Å². The molecule has 0 aliphatic heterocycles. The monoisotopic (exact) mass is 225 g/mol. The Morgan fingerprint density at radius 3 is 2.44 bits per heavy atom. The molecule has 1 unspecified atom stereocenters. The van der Waals surface area contributed by atoms with Crippen molar-refractivity contribution < 1.29 is 9.90 Å². The second-order valence-electron chi connectivity index (χ2n) is 4.25. The number of unbranched alkanes of at least 4 members (excludes halogenated alkanes) is 5. The Morgan fingerprint density at radius 2 is 1.81 bits per heavy atom. The number of aliphatic hydroxyl groups excluding tert-OH is 1. The summed E-state index contributed by atoms with van der Waals surface area (Å²) >= 11 is 0. The molecule has 0 fully saturated rings. The Balaban J connectivity index is 3.18. The molecule has 1 radical (unpaired) electrons. The van der Waals surface area contributed by atoms with E-state index in [1.807, 2.05) is 0 Å². The van der Waals surface area contributed by atoms with Crippen molar-refractivity contribution in [1.29, 1.82) is 0 Å². The van der Waals surface area contributed by atoms with Gasteiger partial charge in [-0.15, -0.1) is 0 Å². The molecule has 0 bridgehead atoms. The Hall–Kier alpha value is -0.630. The summed E-state index contributed by atoms with van der Waals surface area (Å²) < 4.78 is 0. The predicted molar refractivity (Wildman–Crippen MR) is 68.1 cm³/mol. The summed E-state index contributed by atoms with van der Waals surface area (Å²) in [5.74, 6) is 0. The van der Waals surface area contributed by atoms with E-state index in [9.17, 15) is 9.90 Å². The first-order valence-corrected chi connectivity index (χ1v) is 6.49. The average Bonchev–Trinajstić information content (AvgIpc) is 2.27. The molecule has 1 atom stereocenters. The summed E-state index contributed by atoms with van der Waals surface area (Å²) in [7, 11) is 0. The second kappa shape index (κ2) is 12.4. The Morgan fingerprint density at radius 1 is 1.12 bits per heavy atom. The van der Waals surface area contributed by atoms with E-state index in [-0.39, 0.29) is 6.42 Å². The van der Waals surface area contributed by atoms with Crippen LogP contribution in [0.1, 0.15) is 64.7 Å². The summed E-state index contributed by atoms with van der Waals surface area (Å²) in [6, 6.07) is 0. The van der Waals surface area contributed by atoms with Crippen LogP contribution in [0, 0.1) is 0 Å². The van der Waals surface area contributed by atoms with E-state index >= 15 is 0 Å². The predicted octanol–water partition coefficient (Wildman–Crippen LogP) is 3.54. The third kappa shape index (κ3) is 11.4. The molecule has 2 heteroatoms. The van der Waals surface area contributed by atoms with Crippen LogP contribution in [0.15, 0.2) is 12.2 Å². The molecule has 0 saturated carbocycles. The standard InChI is InChI=1S/C14H25O2/c1-2-3-4-5-6-7-8-9-10-11-14(16)12-13-15/h7-8,14,16H,2-6,9-12H2,1H3/b8-7+. The van der Waals surface area contributed by atoms with Crippen molar-refractivity contribution in [2.24, 2.45) is 0 Å². The van der Waals surface area contributed by atoms with Crippen LogP contribution in [0.3, 0.4) is 0 Å². The van der Waals surface area contributed by atoms with Gasteiger partial charge in [-0.1, -0.05) is 38.3 Å². The number of rotatable bonds is 11. The molecular weight excluding hydrogens is 200 g/mol. The van der Waals surface area contributed by atoms with Crippen molar-refractivity contribution in [3.63, 3.8) is 0 Å². The molecule has 16 heavy (non-hydrogen) atoms. The molecule has 93 valence electrons. The van der Waals surface area contributed by atoms with Gasteiger partial charge in [-0.2, -0.15) is 0 Å². The van der Waals surface area contributed by atoms with Crippen molar-refractivity contribution >= 4 is 6.29 Å². The fraction of sp³-hybridized carbons (Fsp3) is 0.786. The highest BCUT2D eigenvalue weighted by molar-refractivity contribution is 5.51. The molecule has 0 aromatic carbocycles. The normalized spacial score (nSPS) is 13.1. The number of allylic oxidation sites excluding steroid dienone is 2. The van der Waals surface area contributed by atoms with E-state index in [0.717, 1.165) is 12.8 Å². The van der Waals surface area contributed by atoms with E-state index in [1.54, 1.807) is 6.29 Å². The SMILES string of the molecule is CCCCCC/C=C/CCCC(O)C[C]=O. The minimum atomic E-state index is -0.490. The summed E-state index contributed by atoms with van der Waals surface area (Å²) in [6.07, 6.45) is 14.9. The van der Waals surface area contributed by atoms with Crippen LogP contribution in [0.4, 0.5) is 0 Å². The molecule has 0 amide bonds. The molecule has 2 nitrogen and oxygen atoms in total. The van der Waals surface area contributed by atoms with Crippen molar-refractivity contribution in [1.82, 2.24) is 0 Å². The Bertz CT molecular complexity index is 176. The van der Waals surface area contributed by atoms with Gasteiger partial charge in [-0.25, -0.2) is 0 Å². The first kappa shape index (κ1) is 15.4. The second-order valence-corrected chi connectivity index (χ2v) is 4.25. The molecular formula is C14H25O2.